The quantitative estimate of drug-likeness (QED) is 0.190. The van der Waals surface area contributed by atoms with Crippen molar-refractivity contribution >= 4 is 5.97 Å². The van der Waals surface area contributed by atoms with Gasteiger partial charge in [0.15, 0.2) is 5.75 Å². The number of hydrogen-bond donors (Lipinski definition) is 0. The lowest BCUT2D eigenvalue weighted by Gasteiger charge is -2.40. The molecule has 0 aliphatic carbocycles. The number of hydrogen-bond acceptors (Lipinski definition) is 4. The fraction of sp³-hybridized carbons (Fsp3) is 0.750. The second kappa shape index (κ2) is 14.1. The molecule has 1 aliphatic heterocycles. The van der Waals surface area contributed by atoms with Gasteiger partial charge in [-0.2, -0.15) is 5.26 Å². The minimum Gasteiger partial charge on any atom is -0.487 e. The molecule has 3 unspecified atom stereocenters. The van der Waals surface area contributed by atoms with E-state index in [1.54, 1.807) is 0 Å². The number of benzene rings is 1. The fourth-order valence-electron chi connectivity index (χ4n) is 5.82. The summed E-state index contributed by atoms with van der Waals surface area (Å²) in [7, 11) is 0. The van der Waals surface area contributed by atoms with Crippen LogP contribution in [0.15, 0.2) is 0 Å². The summed E-state index contributed by atoms with van der Waals surface area (Å²) in [5.74, 6) is 3.26. The lowest BCUT2D eigenvalue weighted by molar-refractivity contribution is -0.131. The topological polar surface area (TPSA) is 59.3 Å². The van der Waals surface area contributed by atoms with Gasteiger partial charge in [-0.1, -0.05) is 79.6 Å². The first-order valence-corrected chi connectivity index (χ1v) is 14.5. The zero-order valence-electron chi connectivity index (χ0n) is 24.4. The summed E-state index contributed by atoms with van der Waals surface area (Å²) < 4.78 is 12.2. The molecule has 4 nitrogen and oxygen atoms in total. The van der Waals surface area contributed by atoms with Crippen molar-refractivity contribution in [3.05, 3.63) is 22.3 Å². The van der Waals surface area contributed by atoms with E-state index in [-0.39, 0.29) is 5.60 Å². The normalized spacial score (nSPS) is 18.8. The van der Waals surface area contributed by atoms with Crippen LogP contribution in [0.3, 0.4) is 0 Å². The number of nitriles is 1. The Hall–Kier alpha value is -2.02. The largest absolute Gasteiger partial charge is 0.487 e. The molecule has 0 bridgehead atoms. The van der Waals surface area contributed by atoms with E-state index in [0.29, 0.717) is 11.3 Å². The molecular weight excluding hydrogens is 446 g/mol. The SMILES string of the molecule is CCC1(CCCC(C)CCCC(C)CCCC(C)C)CCc2c(C)c(OC(C)=O)c(C#N)c(C)c2O1. The number of carbonyl (C=O) groups excluding carboxylic acids is 1. The maximum Gasteiger partial charge on any atom is 0.308 e. The van der Waals surface area contributed by atoms with Gasteiger partial charge in [-0.15, -0.1) is 0 Å². The van der Waals surface area contributed by atoms with Crippen LogP contribution in [0.5, 0.6) is 11.5 Å². The van der Waals surface area contributed by atoms with Crippen LogP contribution in [0.4, 0.5) is 0 Å². The Bertz CT molecular complexity index is 909. The molecule has 1 aliphatic rings. The van der Waals surface area contributed by atoms with Crippen LogP contribution < -0.4 is 9.47 Å². The third-order valence-corrected chi connectivity index (χ3v) is 8.36. The molecule has 1 aromatic rings. The van der Waals surface area contributed by atoms with Crippen molar-refractivity contribution in [3.8, 4) is 17.6 Å². The molecular formula is C32H51NO3. The summed E-state index contributed by atoms with van der Waals surface area (Å²) in [6, 6.07) is 2.25. The Kier molecular flexibility index (Phi) is 11.8. The van der Waals surface area contributed by atoms with Crippen molar-refractivity contribution < 1.29 is 14.3 Å². The van der Waals surface area contributed by atoms with Crippen LogP contribution in [0.2, 0.25) is 0 Å². The third-order valence-electron chi connectivity index (χ3n) is 8.36. The number of carbonyl (C=O) groups is 1. The summed E-state index contributed by atoms with van der Waals surface area (Å²) in [6.45, 7) is 16.9. The van der Waals surface area contributed by atoms with Crippen molar-refractivity contribution in [2.75, 3.05) is 0 Å². The molecule has 0 N–H and O–H groups in total. The van der Waals surface area contributed by atoms with Gasteiger partial charge in [-0.05, 0) is 63.7 Å². The molecule has 1 heterocycles. The average molecular weight is 498 g/mol. The van der Waals surface area contributed by atoms with Crippen LogP contribution in [0.25, 0.3) is 0 Å². The van der Waals surface area contributed by atoms with E-state index in [4.69, 9.17) is 9.47 Å². The van der Waals surface area contributed by atoms with Crippen LogP contribution in [0, 0.1) is 42.9 Å². The molecule has 2 rings (SSSR count). The first kappa shape index (κ1) is 30.2. The van der Waals surface area contributed by atoms with Gasteiger partial charge >= 0.3 is 5.97 Å². The molecule has 3 atom stereocenters. The molecule has 202 valence electrons. The van der Waals surface area contributed by atoms with E-state index in [1.807, 2.05) is 13.8 Å². The molecule has 36 heavy (non-hydrogen) atoms. The summed E-state index contributed by atoms with van der Waals surface area (Å²) in [5.41, 5.74) is 2.98. The lowest BCUT2D eigenvalue weighted by atomic mass is 9.81. The van der Waals surface area contributed by atoms with Crippen molar-refractivity contribution in [2.24, 2.45) is 17.8 Å². The van der Waals surface area contributed by atoms with Gasteiger partial charge in [-0.3, -0.25) is 4.79 Å². The van der Waals surface area contributed by atoms with E-state index in [0.717, 1.165) is 65.9 Å². The summed E-state index contributed by atoms with van der Waals surface area (Å²) in [4.78, 5) is 11.6. The Labute approximate surface area is 221 Å². The predicted molar refractivity (Wildman–Crippen MR) is 149 cm³/mol. The number of ether oxygens (including phenoxy) is 2. The van der Waals surface area contributed by atoms with E-state index < -0.39 is 5.97 Å². The molecule has 0 saturated heterocycles. The molecule has 0 spiro atoms. The van der Waals surface area contributed by atoms with E-state index in [9.17, 15) is 10.1 Å². The highest BCUT2D eigenvalue weighted by molar-refractivity contribution is 5.73. The Balaban J connectivity index is 1.93. The fourth-order valence-corrected chi connectivity index (χ4v) is 5.82. The Morgan fingerprint density at radius 2 is 1.58 bits per heavy atom. The van der Waals surface area contributed by atoms with Crippen LogP contribution >= 0.6 is 0 Å². The summed E-state index contributed by atoms with van der Waals surface area (Å²) >= 11 is 0. The smallest absolute Gasteiger partial charge is 0.308 e. The molecule has 1 aromatic carbocycles. The Morgan fingerprint density at radius 1 is 1.00 bits per heavy atom. The number of esters is 1. The first-order chi connectivity index (χ1) is 17.0. The average Bonchev–Trinajstić information content (AvgIpc) is 2.82. The number of fused-ring (bicyclic) bond motifs is 1. The van der Waals surface area contributed by atoms with Crippen LogP contribution in [-0.4, -0.2) is 11.6 Å². The molecule has 0 radical (unpaired) electrons. The van der Waals surface area contributed by atoms with E-state index >= 15 is 0 Å². The number of nitrogens with zero attached hydrogens (tertiary/aromatic N) is 1. The zero-order chi connectivity index (χ0) is 26.9. The van der Waals surface area contributed by atoms with Crippen molar-refractivity contribution in [2.45, 2.75) is 138 Å². The standard InChI is InChI=1S/C32H51NO3/c1-9-32(19-12-17-24(5)16-11-15-23(4)14-10-13-22(2)3)20-18-28-25(6)30(35-27(8)34)29(21-33)26(7)31(28)36-32/h22-24H,9-20H2,1-8H3. The van der Waals surface area contributed by atoms with Gasteiger partial charge < -0.3 is 9.47 Å². The van der Waals surface area contributed by atoms with Gasteiger partial charge in [-0.25, -0.2) is 0 Å². The minimum absolute atomic E-state index is 0.176. The second-order valence-corrected chi connectivity index (χ2v) is 12.0. The molecule has 4 heteroatoms. The summed E-state index contributed by atoms with van der Waals surface area (Å²) in [6.07, 6.45) is 14.4. The Morgan fingerprint density at radius 3 is 2.11 bits per heavy atom. The first-order valence-electron chi connectivity index (χ1n) is 14.5. The molecule has 0 amide bonds. The second-order valence-electron chi connectivity index (χ2n) is 12.0. The highest BCUT2D eigenvalue weighted by Gasteiger charge is 2.37. The van der Waals surface area contributed by atoms with E-state index in [1.165, 1.54) is 58.3 Å². The van der Waals surface area contributed by atoms with Gasteiger partial charge in [0.25, 0.3) is 0 Å². The van der Waals surface area contributed by atoms with Crippen molar-refractivity contribution in [1.29, 1.82) is 5.26 Å². The van der Waals surface area contributed by atoms with Crippen molar-refractivity contribution in [3.63, 3.8) is 0 Å². The maximum atomic E-state index is 11.6. The molecule has 0 saturated carbocycles. The maximum absolute atomic E-state index is 11.6. The van der Waals surface area contributed by atoms with Crippen LogP contribution in [0.1, 0.15) is 134 Å². The minimum atomic E-state index is -0.400. The number of rotatable bonds is 14. The highest BCUT2D eigenvalue weighted by atomic mass is 16.5. The van der Waals surface area contributed by atoms with Crippen LogP contribution in [-0.2, 0) is 11.2 Å². The lowest BCUT2D eigenvalue weighted by Crippen LogP contribution is -2.39. The zero-order valence-corrected chi connectivity index (χ0v) is 24.4. The highest BCUT2D eigenvalue weighted by Crippen LogP contribution is 2.46. The third kappa shape index (κ3) is 8.25. The van der Waals surface area contributed by atoms with E-state index in [2.05, 4.69) is 40.7 Å². The van der Waals surface area contributed by atoms with Crippen molar-refractivity contribution in [1.82, 2.24) is 0 Å². The van der Waals surface area contributed by atoms with Gasteiger partial charge in [0.2, 0.25) is 0 Å². The monoisotopic (exact) mass is 497 g/mol. The molecule has 0 fully saturated rings. The van der Waals surface area contributed by atoms with Gasteiger partial charge in [0, 0.05) is 23.6 Å². The molecule has 0 aromatic heterocycles. The van der Waals surface area contributed by atoms with Gasteiger partial charge in [0.05, 0.1) is 0 Å². The summed E-state index contributed by atoms with van der Waals surface area (Å²) in [5, 5.41) is 9.80. The van der Waals surface area contributed by atoms with Gasteiger partial charge in [0.1, 0.15) is 23.0 Å². The predicted octanol–water partition coefficient (Wildman–Crippen LogP) is 9.01.